The van der Waals surface area contributed by atoms with E-state index < -0.39 is 0 Å². The summed E-state index contributed by atoms with van der Waals surface area (Å²) in [5.74, 6) is 1.48. The Balaban J connectivity index is 1.80. The highest BCUT2D eigenvalue weighted by molar-refractivity contribution is 7.99. The van der Waals surface area contributed by atoms with E-state index in [1.54, 1.807) is 18.0 Å². The van der Waals surface area contributed by atoms with Crippen LogP contribution in [0, 0.1) is 0 Å². The number of anilines is 1. The van der Waals surface area contributed by atoms with Crippen LogP contribution in [0.15, 0.2) is 47.6 Å². The molecular formula is C13H13ClN2OS. The second kappa shape index (κ2) is 6.52. The Labute approximate surface area is 115 Å². The molecular weight excluding hydrogens is 268 g/mol. The summed E-state index contributed by atoms with van der Waals surface area (Å²) in [6.45, 7) is 0.561. The van der Waals surface area contributed by atoms with Gasteiger partial charge in [-0.3, -0.25) is 0 Å². The summed E-state index contributed by atoms with van der Waals surface area (Å²) in [6, 6.07) is 11.1. The zero-order chi connectivity index (χ0) is 12.8. The van der Waals surface area contributed by atoms with Crippen molar-refractivity contribution >= 4 is 29.1 Å². The zero-order valence-electron chi connectivity index (χ0n) is 9.67. The van der Waals surface area contributed by atoms with Gasteiger partial charge in [-0.05, 0) is 24.3 Å². The average molecular weight is 281 g/mol. The monoisotopic (exact) mass is 280 g/mol. The smallest absolute Gasteiger partial charge is 0.142 e. The first-order valence-corrected chi connectivity index (χ1v) is 6.84. The van der Waals surface area contributed by atoms with Crippen LogP contribution in [0.4, 0.5) is 5.69 Å². The van der Waals surface area contributed by atoms with E-state index in [9.17, 15) is 0 Å². The van der Waals surface area contributed by atoms with Crippen LogP contribution in [-0.2, 0) is 0 Å². The highest BCUT2D eigenvalue weighted by Crippen LogP contribution is 2.24. The average Bonchev–Trinajstić information content (AvgIpc) is 2.38. The molecule has 1 heterocycles. The van der Waals surface area contributed by atoms with Gasteiger partial charge in [-0.2, -0.15) is 0 Å². The van der Waals surface area contributed by atoms with Gasteiger partial charge in [-0.15, -0.1) is 11.8 Å². The number of nitrogen functional groups attached to an aromatic ring is 1. The second-order valence-electron chi connectivity index (χ2n) is 3.53. The lowest BCUT2D eigenvalue weighted by Crippen LogP contribution is -2.02. The fourth-order valence-electron chi connectivity index (χ4n) is 1.38. The van der Waals surface area contributed by atoms with Crippen molar-refractivity contribution in [3.63, 3.8) is 0 Å². The Morgan fingerprint density at radius 1 is 1.22 bits per heavy atom. The van der Waals surface area contributed by atoms with Crippen molar-refractivity contribution in [2.75, 3.05) is 18.1 Å². The van der Waals surface area contributed by atoms with E-state index in [0.717, 1.165) is 10.8 Å². The van der Waals surface area contributed by atoms with Gasteiger partial charge in [-0.25, -0.2) is 4.98 Å². The molecule has 2 rings (SSSR count). The number of hydrogen-bond acceptors (Lipinski definition) is 4. The summed E-state index contributed by atoms with van der Waals surface area (Å²) in [5.41, 5.74) is 6.42. The Morgan fingerprint density at radius 3 is 2.83 bits per heavy atom. The van der Waals surface area contributed by atoms with E-state index in [4.69, 9.17) is 22.1 Å². The molecule has 0 saturated carbocycles. The molecule has 18 heavy (non-hydrogen) atoms. The largest absolute Gasteiger partial charge is 0.491 e. The first kappa shape index (κ1) is 13.1. The lowest BCUT2D eigenvalue weighted by Gasteiger charge is -2.08. The third kappa shape index (κ3) is 3.55. The van der Waals surface area contributed by atoms with Crippen LogP contribution in [0.25, 0.3) is 0 Å². The third-order valence-electron chi connectivity index (χ3n) is 2.22. The predicted molar refractivity (Wildman–Crippen MR) is 76.3 cm³/mol. The minimum atomic E-state index is 0.561. The van der Waals surface area contributed by atoms with Gasteiger partial charge < -0.3 is 10.5 Å². The SMILES string of the molecule is Nc1ccccc1OCCSc1ncccc1Cl. The van der Waals surface area contributed by atoms with Crippen LogP contribution in [-0.4, -0.2) is 17.3 Å². The maximum absolute atomic E-state index is 6.00. The normalized spacial score (nSPS) is 10.3. The molecule has 0 fully saturated rings. The van der Waals surface area contributed by atoms with E-state index in [1.807, 2.05) is 36.4 Å². The number of aromatic nitrogens is 1. The van der Waals surface area contributed by atoms with Gasteiger partial charge in [-0.1, -0.05) is 23.7 Å². The summed E-state index contributed by atoms with van der Waals surface area (Å²) in [4.78, 5) is 4.19. The predicted octanol–water partition coefficient (Wildman–Crippen LogP) is 3.49. The van der Waals surface area contributed by atoms with Crippen LogP contribution < -0.4 is 10.5 Å². The fraction of sp³-hybridized carbons (Fsp3) is 0.154. The topological polar surface area (TPSA) is 48.1 Å². The number of nitrogens with zero attached hydrogens (tertiary/aromatic N) is 1. The Hall–Kier alpha value is -1.39. The molecule has 0 aliphatic heterocycles. The van der Waals surface area contributed by atoms with E-state index in [1.165, 1.54) is 0 Å². The molecule has 0 spiro atoms. The molecule has 1 aromatic carbocycles. The van der Waals surface area contributed by atoms with Crippen LogP contribution in [0.5, 0.6) is 5.75 Å². The van der Waals surface area contributed by atoms with E-state index in [0.29, 0.717) is 23.1 Å². The number of thioether (sulfide) groups is 1. The van der Waals surface area contributed by atoms with E-state index in [-0.39, 0.29) is 0 Å². The molecule has 1 aromatic heterocycles. The summed E-state index contributed by atoms with van der Waals surface area (Å²) < 4.78 is 5.58. The quantitative estimate of drug-likeness (QED) is 0.517. The number of pyridine rings is 1. The van der Waals surface area contributed by atoms with Gasteiger partial charge in [0.15, 0.2) is 0 Å². The molecule has 94 valence electrons. The molecule has 0 unspecified atom stereocenters. The zero-order valence-corrected chi connectivity index (χ0v) is 11.2. The van der Waals surface area contributed by atoms with Crippen LogP contribution in [0.3, 0.4) is 0 Å². The number of para-hydroxylation sites is 2. The maximum Gasteiger partial charge on any atom is 0.142 e. The number of halogens is 1. The van der Waals surface area contributed by atoms with Crippen LogP contribution >= 0.6 is 23.4 Å². The van der Waals surface area contributed by atoms with E-state index >= 15 is 0 Å². The number of benzene rings is 1. The van der Waals surface area contributed by atoms with Crippen molar-refractivity contribution in [3.8, 4) is 5.75 Å². The van der Waals surface area contributed by atoms with Gasteiger partial charge in [0.2, 0.25) is 0 Å². The van der Waals surface area contributed by atoms with Crippen molar-refractivity contribution < 1.29 is 4.74 Å². The summed E-state index contributed by atoms with van der Waals surface area (Å²) in [7, 11) is 0. The van der Waals surface area contributed by atoms with Crippen molar-refractivity contribution in [3.05, 3.63) is 47.6 Å². The number of hydrogen-bond donors (Lipinski definition) is 1. The highest BCUT2D eigenvalue weighted by atomic mass is 35.5. The minimum absolute atomic E-state index is 0.561. The number of ether oxygens (including phenoxy) is 1. The Kier molecular flexibility index (Phi) is 4.73. The Bertz CT molecular complexity index is 474. The summed E-state index contributed by atoms with van der Waals surface area (Å²) >= 11 is 7.56. The molecule has 0 radical (unpaired) electrons. The van der Waals surface area contributed by atoms with Gasteiger partial charge >= 0.3 is 0 Å². The third-order valence-corrected chi connectivity index (χ3v) is 3.61. The first-order valence-electron chi connectivity index (χ1n) is 5.48. The van der Waals surface area contributed by atoms with Crippen molar-refractivity contribution in [2.24, 2.45) is 0 Å². The molecule has 0 bridgehead atoms. The molecule has 0 aliphatic carbocycles. The van der Waals surface area contributed by atoms with Crippen molar-refractivity contribution in [1.29, 1.82) is 0 Å². The summed E-state index contributed by atoms with van der Waals surface area (Å²) in [5, 5.41) is 1.49. The van der Waals surface area contributed by atoms with Gasteiger partial charge in [0, 0.05) is 11.9 Å². The highest BCUT2D eigenvalue weighted by Gasteiger charge is 2.02. The van der Waals surface area contributed by atoms with E-state index in [2.05, 4.69) is 4.98 Å². The Morgan fingerprint density at radius 2 is 2.06 bits per heavy atom. The molecule has 2 aromatic rings. The van der Waals surface area contributed by atoms with Gasteiger partial charge in [0.05, 0.1) is 17.3 Å². The number of rotatable bonds is 5. The molecule has 5 heteroatoms. The fourth-order valence-corrected chi connectivity index (χ4v) is 2.37. The second-order valence-corrected chi connectivity index (χ2v) is 5.02. The van der Waals surface area contributed by atoms with Gasteiger partial charge in [0.25, 0.3) is 0 Å². The lowest BCUT2D eigenvalue weighted by molar-refractivity contribution is 0.346. The lowest BCUT2D eigenvalue weighted by atomic mass is 10.3. The summed E-state index contributed by atoms with van der Waals surface area (Å²) in [6.07, 6.45) is 1.73. The standard InChI is InChI=1S/C13H13ClN2OS/c14-10-4-3-7-16-13(10)18-9-8-17-12-6-2-1-5-11(12)15/h1-7H,8-9,15H2. The van der Waals surface area contributed by atoms with Crippen LogP contribution in [0.1, 0.15) is 0 Å². The maximum atomic E-state index is 6.00. The molecule has 3 nitrogen and oxygen atoms in total. The number of nitrogens with two attached hydrogens (primary N) is 1. The molecule has 0 saturated heterocycles. The van der Waals surface area contributed by atoms with Crippen molar-refractivity contribution in [1.82, 2.24) is 4.98 Å². The first-order chi connectivity index (χ1) is 8.77. The van der Waals surface area contributed by atoms with Crippen LogP contribution in [0.2, 0.25) is 5.02 Å². The molecule has 0 aliphatic rings. The van der Waals surface area contributed by atoms with Crippen molar-refractivity contribution in [2.45, 2.75) is 5.03 Å². The van der Waals surface area contributed by atoms with Gasteiger partial charge in [0.1, 0.15) is 10.8 Å². The molecule has 0 atom stereocenters. The molecule has 0 amide bonds. The minimum Gasteiger partial charge on any atom is -0.491 e. The molecule has 2 N–H and O–H groups in total.